The molecule has 0 unspecified atom stereocenters. The molecular weight excluding hydrogens is 516 g/mol. The molecule has 0 saturated heterocycles. The molecule has 8 nitrogen and oxygen atoms in total. The molecule has 4 aromatic heterocycles. The summed E-state index contributed by atoms with van der Waals surface area (Å²) in [6.45, 7) is 0. The minimum atomic E-state index is -0.741. The molecule has 10 heteroatoms. The van der Waals surface area contributed by atoms with E-state index < -0.39 is 23.1 Å². The summed E-state index contributed by atoms with van der Waals surface area (Å²) in [5.74, 6) is -1.68. The summed E-state index contributed by atoms with van der Waals surface area (Å²) in [6.07, 6.45) is 8.10. The molecule has 6 aromatic rings. The molecule has 0 aliphatic heterocycles. The van der Waals surface area contributed by atoms with Crippen LogP contribution in [0.25, 0.3) is 22.3 Å². The van der Waals surface area contributed by atoms with E-state index in [-0.39, 0.29) is 22.7 Å². The molecule has 196 valence electrons. The monoisotopic (exact) mass is 535 g/mol. The molecule has 0 saturated carbocycles. The lowest BCUT2D eigenvalue weighted by Gasteiger charge is -2.12. The number of aromatic nitrogens is 4. The molecule has 0 atom stereocenters. The van der Waals surface area contributed by atoms with Gasteiger partial charge in [0.2, 0.25) is 0 Å². The van der Waals surface area contributed by atoms with Crippen molar-refractivity contribution in [2.45, 2.75) is 0 Å². The smallest absolute Gasteiger partial charge is 0.267 e. The van der Waals surface area contributed by atoms with Crippen molar-refractivity contribution in [2.75, 3.05) is 5.32 Å². The number of ether oxygens (including phenoxy) is 1. The molecule has 0 fully saturated rings. The zero-order valence-corrected chi connectivity index (χ0v) is 20.7. The van der Waals surface area contributed by atoms with Crippen LogP contribution in [0.15, 0.2) is 115 Å². The number of hydrogen-bond acceptors (Lipinski definition) is 5. The summed E-state index contributed by atoms with van der Waals surface area (Å²) in [4.78, 5) is 29.9. The number of anilines is 1. The predicted octanol–water partition coefficient (Wildman–Crippen LogP) is 5.87. The topological polar surface area (TPSA) is 90.5 Å². The van der Waals surface area contributed by atoms with E-state index in [1.165, 1.54) is 48.7 Å². The van der Waals surface area contributed by atoms with Crippen molar-refractivity contribution in [1.29, 1.82) is 0 Å². The standard InChI is InChI=1S/C30H19F2N5O3/c31-20-3-1-4-22(17-20)36-15-2-5-24(30(36)39)29(38)35-21-6-7-26(25(32)18-21)40-27-10-14-34-37-16-11-23(28(27)37)19-8-12-33-13-9-19/h1-18H,(H,35,38). The second-order valence-electron chi connectivity index (χ2n) is 8.73. The molecule has 0 radical (unpaired) electrons. The van der Waals surface area contributed by atoms with Crippen LogP contribution in [0.4, 0.5) is 14.5 Å². The van der Waals surface area contributed by atoms with Gasteiger partial charge in [-0.25, -0.2) is 13.3 Å². The van der Waals surface area contributed by atoms with Crippen molar-refractivity contribution >= 4 is 17.1 Å². The fourth-order valence-electron chi connectivity index (χ4n) is 4.34. The number of carbonyl (C=O) groups excluding carboxylic acids is 1. The van der Waals surface area contributed by atoms with E-state index in [2.05, 4.69) is 15.4 Å². The fourth-order valence-corrected chi connectivity index (χ4v) is 4.34. The molecule has 0 aliphatic carbocycles. The highest BCUT2D eigenvalue weighted by molar-refractivity contribution is 6.04. The average molecular weight is 536 g/mol. The third-order valence-corrected chi connectivity index (χ3v) is 6.20. The summed E-state index contributed by atoms with van der Waals surface area (Å²) in [5.41, 5.74) is 1.92. The van der Waals surface area contributed by atoms with Gasteiger partial charge in [0.1, 0.15) is 16.9 Å². The Morgan fingerprint density at radius 2 is 1.70 bits per heavy atom. The maximum atomic E-state index is 15.1. The number of halogens is 2. The lowest BCUT2D eigenvalue weighted by atomic mass is 10.1. The van der Waals surface area contributed by atoms with Gasteiger partial charge in [0.15, 0.2) is 17.3 Å². The first-order valence-electron chi connectivity index (χ1n) is 12.1. The van der Waals surface area contributed by atoms with Gasteiger partial charge in [-0.05, 0) is 66.2 Å². The number of fused-ring (bicyclic) bond motifs is 1. The molecule has 1 amide bonds. The lowest BCUT2D eigenvalue weighted by molar-refractivity contribution is 0.102. The average Bonchev–Trinajstić information content (AvgIpc) is 3.40. The zero-order chi connectivity index (χ0) is 27.6. The van der Waals surface area contributed by atoms with Gasteiger partial charge in [-0.2, -0.15) is 5.10 Å². The fraction of sp³-hybridized carbons (Fsp3) is 0. The number of nitrogens with zero attached hydrogens (tertiary/aromatic N) is 4. The Kier molecular flexibility index (Phi) is 6.33. The number of nitrogens with one attached hydrogen (secondary N) is 1. The van der Waals surface area contributed by atoms with Crippen LogP contribution < -0.4 is 15.6 Å². The molecule has 40 heavy (non-hydrogen) atoms. The van der Waals surface area contributed by atoms with E-state index in [0.717, 1.165) is 21.8 Å². The van der Waals surface area contributed by atoms with Gasteiger partial charge in [0, 0.05) is 48.2 Å². The highest BCUT2D eigenvalue weighted by atomic mass is 19.1. The molecule has 0 spiro atoms. The summed E-state index contributed by atoms with van der Waals surface area (Å²) < 4.78 is 37.5. The van der Waals surface area contributed by atoms with E-state index in [1.54, 1.807) is 41.4 Å². The Labute approximate surface area is 225 Å². The van der Waals surface area contributed by atoms with E-state index in [1.807, 2.05) is 18.2 Å². The predicted molar refractivity (Wildman–Crippen MR) is 145 cm³/mol. The first kappa shape index (κ1) is 24.7. The van der Waals surface area contributed by atoms with Crippen LogP contribution in [0, 0.1) is 11.6 Å². The lowest BCUT2D eigenvalue weighted by Crippen LogP contribution is -2.27. The molecular formula is C30H19F2N5O3. The SMILES string of the molecule is O=C(Nc1ccc(Oc2ccnn3ccc(-c4ccncc4)c23)c(F)c1)c1cccn(-c2cccc(F)c2)c1=O. The maximum absolute atomic E-state index is 15.1. The molecule has 0 bridgehead atoms. The maximum Gasteiger partial charge on any atom is 0.267 e. The van der Waals surface area contributed by atoms with Crippen molar-refractivity contribution in [3.63, 3.8) is 0 Å². The van der Waals surface area contributed by atoms with Crippen LogP contribution in [-0.2, 0) is 0 Å². The van der Waals surface area contributed by atoms with Crippen LogP contribution in [0.2, 0.25) is 0 Å². The molecule has 4 heterocycles. The number of carbonyl (C=O) groups is 1. The highest BCUT2D eigenvalue weighted by Gasteiger charge is 2.17. The zero-order valence-electron chi connectivity index (χ0n) is 20.7. The number of rotatable bonds is 6. The minimum Gasteiger partial charge on any atom is -0.452 e. The Balaban J connectivity index is 1.25. The van der Waals surface area contributed by atoms with Crippen LogP contribution in [0.1, 0.15) is 10.4 Å². The van der Waals surface area contributed by atoms with Crippen LogP contribution in [0.3, 0.4) is 0 Å². The van der Waals surface area contributed by atoms with Gasteiger partial charge < -0.3 is 10.1 Å². The molecule has 2 aromatic carbocycles. The number of amides is 1. The third-order valence-electron chi connectivity index (χ3n) is 6.20. The van der Waals surface area contributed by atoms with Crippen LogP contribution in [0.5, 0.6) is 11.5 Å². The largest absolute Gasteiger partial charge is 0.452 e. The summed E-state index contributed by atoms with van der Waals surface area (Å²) >= 11 is 0. The second-order valence-corrected chi connectivity index (χ2v) is 8.73. The van der Waals surface area contributed by atoms with Gasteiger partial charge in [-0.3, -0.25) is 19.1 Å². The van der Waals surface area contributed by atoms with Crippen molar-refractivity contribution in [3.05, 3.63) is 137 Å². The summed E-state index contributed by atoms with van der Waals surface area (Å²) in [6, 6.07) is 19.4. The Bertz CT molecular complexity index is 1940. The van der Waals surface area contributed by atoms with E-state index in [0.29, 0.717) is 11.3 Å². The van der Waals surface area contributed by atoms with Crippen molar-refractivity contribution < 1.29 is 18.3 Å². The van der Waals surface area contributed by atoms with Gasteiger partial charge in [0.25, 0.3) is 11.5 Å². The number of hydrogen-bond donors (Lipinski definition) is 1. The Morgan fingerprint density at radius 1 is 0.850 bits per heavy atom. The third kappa shape index (κ3) is 4.69. The van der Waals surface area contributed by atoms with E-state index in [4.69, 9.17) is 4.74 Å². The molecule has 1 N–H and O–H groups in total. The van der Waals surface area contributed by atoms with Gasteiger partial charge >= 0.3 is 0 Å². The van der Waals surface area contributed by atoms with Crippen molar-refractivity contribution in [2.24, 2.45) is 0 Å². The normalized spacial score (nSPS) is 10.9. The Hall–Kier alpha value is -5.64. The second kappa shape index (κ2) is 10.3. The quantitative estimate of drug-likeness (QED) is 0.288. The van der Waals surface area contributed by atoms with Crippen molar-refractivity contribution in [1.82, 2.24) is 19.2 Å². The van der Waals surface area contributed by atoms with E-state index in [9.17, 15) is 14.0 Å². The summed E-state index contributed by atoms with van der Waals surface area (Å²) in [7, 11) is 0. The van der Waals surface area contributed by atoms with E-state index >= 15 is 4.39 Å². The van der Waals surface area contributed by atoms with Gasteiger partial charge in [-0.15, -0.1) is 0 Å². The summed E-state index contributed by atoms with van der Waals surface area (Å²) in [5, 5.41) is 6.83. The highest BCUT2D eigenvalue weighted by Crippen LogP contribution is 2.35. The van der Waals surface area contributed by atoms with Gasteiger partial charge in [-0.1, -0.05) is 6.07 Å². The Morgan fingerprint density at radius 3 is 2.50 bits per heavy atom. The minimum absolute atomic E-state index is 0.0684. The first-order valence-corrected chi connectivity index (χ1v) is 12.1. The van der Waals surface area contributed by atoms with Gasteiger partial charge in [0.05, 0.1) is 11.9 Å². The first-order chi connectivity index (χ1) is 19.5. The van der Waals surface area contributed by atoms with Crippen LogP contribution in [-0.4, -0.2) is 25.1 Å². The number of benzene rings is 2. The molecule has 0 aliphatic rings. The molecule has 6 rings (SSSR count). The van der Waals surface area contributed by atoms with Crippen LogP contribution >= 0.6 is 0 Å². The number of pyridine rings is 2. The van der Waals surface area contributed by atoms with Crippen molar-refractivity contribution in [3.8, 4) is 28.3 Å².